The Kier molecular flexibility index (Phi) is 5.24. The molecule has 0 N–H and O–H groups in total. The van der Waals surface area contributed by atoms with E-state index in [0.717, 1.165) is 52.7 Å². The van der Waals surface area contributed by atoms with Gasteiger partial charge in [-0.2, -0.15) is 0 Å². The molecule has 3 heteroatoms. The molecule has 0 spiro atoms. The molecule has 0 aliphatic heterocycles. The van der Waals surface area contributed by atoms with E-state index in [1.165, 1.54) is 5.56 Å². The second-order valence-corrected chi connectivity index (χ2v) is 6.96. The van der Waals surface area contributed by atoms with Crippen LogP contribution in [-0.2, 0) is 19.6 Å². The van der Waals surface area contributed by atoms with Crippen molar-refractivity contribution in [1.82, 2.24) is 4.57 Å². The van der Waals surface area contributed by atoms with Crippen LogP contribution in [0.3, 0.4) is 0 Å². The maximum atomic E-state index is 11.8. The number of carbonyl (C=O) groups is 1. The third-order valence-electron chi connectivity index (χ3n) is 5.18. The summed E-state index contributed by atoms with van der Waals surface area (Å²) in [5, 5.41) is 0.950. The molecular weight excluding hydrogens is 346 g/mol. The van der Waals surface area contributed by atoms with Crippen molar-refractivity contribution in [2.24, 2.45) is 0 Å². The van der Waals surface area contributed by atoms with Crippen LogP contribution < -0.4 is 4.74 Å². The van der Waals surface area contributed by atoms with Crippen molar-refractivity contribution < 1.29 is 9.53 Å². The topological polar surface area (TPSA) is 31.2 Å². The van der Waals surface area contributed by atoms with Crippen LogP contribution in [0.4, 0.5) is 0 Å². The van der Waals surface area contributed by atoms with E-state index in [9.17, 15) is 4.79 Å². The fraction of sp³-hybridized carbons (Fsp3) is 0.160. The Morgan fingerprint density at radius 2 is 1.57 bits per heavy atom. The maximum Gasteiger partial charge on any atom is 0.152 e. The quantitative estimate of drug-likeness (QED) is 0.398. The number of hydrogen-bond donors (Lipinski definition) is 0. The average Bonchev–Trinajstić information content (AvgIpc) is 3.02. The van der Waals surface area contributed by atoms with Gasteiger partial charge in [0.25, 0.3) is 0 Å². The first-order valence-electron chi connectivity index (χ1n) is 9.55. The van der Waals surface area contributed by atoms with Gasteiger partial charge in [-0.05, 0) is 42.7 Å². The van der Waals surface area contributed by atoms with E-state index in [4.69, 9.17) is 4.74 Å². The van der Waals surface area contributed by atoms with Crippen molar-refractivity contribution in [2.75, 3.05) is 0 Å². The molecular formula is C25H23NO2. The zero-order chi connectivity index (χ0) is 19.3. The van der Waals surface area contributed by atoms with E-state index in [1.807, 2.05) is 55.5 Å². The highest BCUT2D eigenvalue weighted by Crippen LogP contribution is 2.29. The van der Waals surface area contributed by atoms with Gasteiger partial charge in [0.2, 0.25) is 0 Å². The summed E-state index contributed by atoms with van der Waals surface area (Å²) in [6.07, 6.45) is 1.88. The Balaban J connectivity index is 1.60. The molecule has 0 aliphatic rings. The minimum atomic E-state index is 0.510. The molecule has 0 atom stereocenters. The second-order valence-electron chi connectivity index (χ2n) is 6.96. The number of rotatable bonds is 7. The lowest BCUT2D eigenvalue weighted by atomic mass is 10.1. The van der Waals surface area contributed by atoms with Gasteiger partial charge in [-0.1, -0.05) is 60.7 Å². The van der Waals surface area contributed by atoms with Crippen molar-refractivity contribution in [2.45, 2.75) is 26.5 Å². The third-order valence-corrected chi connectivity index (χ3v) is 5.18. The van der Waals surface area contributed by atoms with Crippen LogP contribution in [0.2, 0.25) is 0 Å². The summed E-state index contributed by atoms with van der Waals surface area (Å²) in [4.78, 5) is 11.8. The summed E-state index contributed by atoms with van der Waals surface area (Å²) in [6, 6.07) is 26.5. The predicted molar refractivity (Wildman–Crippen MR) is 113 cm³/mol. The Bertz CT molecular complexity index is 1080. The van der Waals surface area contributed by atoms with E-state index >= 15 is 0 Å². The van der Waals surface area contributed by atoms with Crippen molar-refractivity contribution in [3.05, 3.63) is 101 Å². The highest BCUT2D eigenvalue weighted by atomic mass is 16.5. The predicted octanol–water partition coefficient (Wildman–Crippen LogP) is 5.58. The van der Waals surface area contributed by atoms with E-state index in [-0.39, 0.29) is 0 Å². The number of aryl methyl sites for hydroxylation is 2. The first-order chi connectivity index (χ1) is 13.8. The Morgan fingerprint density at radius 3 is 2.25 bits per heavy atom. The van der Waals surface area contributed by atoms with Crippen LogP contribution in [0.1, 0.15) is 27.2 Å². The number of benzene rings is 3. The molecule has 1 heterocycles. The highest BCUT2D eigenvalue weighted by molar-refractivity contribution is 6.00. The van der Waals surface area contributed by atoms with Crippen LogP contribution in [-0.4, -0.2) is 10.9 Å². The van der Waals surface area contributed by atoms with Gasteiger partial charge in [0, 0.05) is 28.7 Å². The molecule has 0 amide bonds. The molecule has 0 saturated heterocycles. The largest absolute Gasteiger partial charge is 0.489 e. The van der Waals surface area contributed by atoms with Gasteiger partial charge in [0.1, 0.15) is 12.4 Å². The zero-order valence-electron chi connectivity index (χ0n) is 16.0. The maximum absolute atomic E-state index is 11.8. The standard InChI is InChI=1S/C25H23NO2/c1-19-24(17-27)23-16-22(28-18-21-10-6-3-7-11-21)12-13-25(23)26(19)15-14-20-8-4-2-5-9-20/h2-13,16-17H,14-15,18H2,1H3. The molecule has 0 radical (unpaired) electrons. The molecule has 140 valence electrons. The summed E-state index contributed by atoms with van der Waals surface area (Å²) in [5.74, 6) is 0.777. The first kappa shape index (κ1) is 18.1. The van der Waals surface area contributed by atoms with Gasteiger partial charge in [-0.15, -0.1) is 0 Å². The number of aromatic nitrogens is 1. The lowest BCUT2D eigenvalue weighted by Crippen LogP contribution is -2.03. The average molecular weight is 369 g/mol. The molecule has 0 bridgehead atoms. The highest BCUT2D eigenvalue weighted by Gasteiger charge is 2.14. The van der Waals surface area contributed by atoms with Crippen LogP contribution in [0, 0.1) is 6.92 Å². The number of hydrogen-bond acceptors (Lipinski definition) is 2. The van der Waals surface area contributed by atoms with E-state index in [0.29, 0.717) is 6.61 Å². The van der Waals surface area contributed by atoms with E-state index < -0.39 is 0 Å². The molecule has 0 saturated carbocycles. The monoisotopic (exact) mass is 369 g/mol. The molecule has 4 aromatic rings. The summed E-state index contributed by atoms with van der Waals surface area (Å²) in [6.45, 7) is 3.36. The van der Waals surface area contributed by atoms with Gasteiger partial charge >= 0.3 is 0 Å². The zero-order valence-corrected chi connectivity index (χ0v) is 16.0. The van der Waals surface area contributed by atoms with Crippen LogP contribution >= 0.6 is 0 Å². The Hall–Kier alpha value is -3.33. The van der Waals surface area contributed by atoms with Crippen LogP contribution in [0.25, 0.3) is 10.9 Å². The van der Waals surface area contributed by atoms with Crippen molar-refractivity contribution >= 4 is 17.2 Å². The fourth-order valence-corrected chi connectivity index (χ4v) is 3.64. The summed E-state index contributed by atoms with van der Waals surface area (Å²) in [5.41, 5.74) is 5.23. The first-order valence-corrected chi connectivity index (χ1v) is 9.55. The molecule has 0 fully saturated rings. The van der Waals surface area contributed by atoms with E-state index in [1.54, 1.807) is 0 Å². The SMILES string of the molecule is Cc1c(C=O)c2cc(OCc3ccccc3)ccc2n1CCc1ccccc1. The molecule has 0 unspecified atom stereocenters. The molecule has 0 aliphatic carbocycles. The van der Waals surface area contributed by atoms with Gasteiger partial charge in [-0.3, -0.25) is 4.79 Å². The van der Waals surface area contributed by atoms with E-state index in [2.05, 4.69) is 34.9 Å². The fourth-order valence-electron chi connectivity index (χ4n) is 3.64. The second kappa shape index (κ2) is 8.13. The van der Waals surface area contributed by atoms with Crippen LogP contribution in [0.15, 0.2) is 78.9 Å². The Morgan fingerprint density at radius 1 is 0.893 bits per heavy atom. The van der Waals surface area contributed by atoms with Crippen molar-refractivity contribution in [3.63, 3.8) is 0 Å². The minimum Gasteiger partial charge on any atom is -0.489 e. The molecule has 4 rings (SSSR count). The lowest BCUT2D eigenvalue weighted by molar-refractivity contribution is 0.112. The molecule has 1 aromatic heterocycles. The van der Waals surface area contributed by atoms with Gasteiger partial charge in [0.15, 0.2) is 6.29 Å². The number of fused-ring (bicyclic) bond motifs is 1. The number of nitrogens with zero attached hydrogens (tertiary/aromatic N) is 1. The summed E-state index contributed by atoms with van der Waals surface area (Å²) in [7, 11) is 0. The van der Waals surface area contributed by atoms with Crippen LogP contribution in [0.5, 0.6) is 5.75 Å². The number of ether oxygens (including phenoxy) is 1. The number of aldehydes is 1. The summed E-state index contributed by atoms with van der Waals surface area (Å²) < 4.78 is 8.18. The summed E-state index contributed by atoms with van der Waals surface area (Å²) >= 11 is 0. The van der Waals surface area contributed by atoms with Gasteiger partial charge < -0.3 is 9.30 Å². The third kappa shape index (κ3) is 3.70. The smallest absolute Gasteiger partial charge is 0.152 e. The van der Waals surface area contributed by atoms with Crippen molar-refractivity contribution in [1.29, 1.82) is 0 Å². The Labute approximate surface area is 165 Å². The minimum absolute atomic E-state index is 0.510. The number of carbonyl (C=O) groups excluding carboxylic acids is 1. The normalized spacial score (nSPS) is 10.9. The van der Waals surface area contributed by atoms with Crippen molar-refractivity contribution in [3.8, 4) is 5.75 Å². The van der Waals surface area contributed by atoms with Gasteiger partial charge in [-0.25, -0.2) is 0 Å². The lowest BCUT2D eigenvalue weighted by Gasteiger charge is -2.10. The van der Waals surface area contributed by atoms with Gasteiger partial charge in [0.05, 0.1) is 0 Å². The molecule has 3 aromatic carbocycles. The molecule has 3 nitrogen and oxygen atoms in total. The molecule has 28 heavy (non-hydrogen) atoms.